The van der Waals surface area contributed by atoms with Crippen LogP contribution in [0.4, 0.5) is 0 Å². The van der Waals surface area contributed by atoms with Crippen LogP contribution in [0.25, 0.3) is 0 Å². The Hall–Kier alpha value is -0.965. The zero-order chi connectivity index (χ0) is 6.74. The maximum absolute atomic E-state index is 10.2. The van der Waals surface area contributed by atoms with Gasteiger partial charge >= 0.3 is 0 Å². The van der Waals surface area contributed by atoms with E-state index in [1.54, 1.807) is 0 Å². The Labute approximate surface area is 53.0 Å². The van der Waals surface area contributed by atoms with E-state index < -0.39 is 5.72 Å². The Kier molecular flexibility index (Phi) is 1.44. The minimum Gasteiger partial charge on any atom is -0.412 e. The zero-order valence-electron chi connectivity index (χ0n) is 4.94. The van der Waals surface area contributed by atoms with Crippen molar-refractivity contribution < 1.29 is 9.45 Å². The van der Waals surface area contributed by atoms with E-state index in [2.05, 4.69) is 10.2 Å². The van der Waals surface area contributed by atoms with E-state index >= 15 is 0 Å². The van der Waals surface area contributed by atoms with Gasteiger partial charge < -0.3 is 4.65 Å². The summed E-state index contributed by atoms with van der Waals surface area (Å²) < 4.78 is 4.73. The quantitative estimate of drug-likeness (QED) is 0.365. The zero-order valence-corrected chi connectivity index (χ0v) is 4.94. The molecule has 0 saturated carbocycles. The van der Waals surface area contributed by atoms with Gasteiger partial charge in [-0.25, -0.2) is 0 Å². The fourth-order valence-corrected chi connectivity index (χ4v) is 0.517. The molecule has 0 radical (unpaired) electrons. The van der Waals surface area contributed by atoms with E-state index in [-0.39, 0.29) is 0 Å². The molecule has 1 unspecified atom stereocenters. The summed E-state index contributed by atoms with van der Waals surface area (Å²) in [6.45, 7) is 0. The molecule has 4 nitrogen and oxygen atoms in total. The summed E-state index contributed by atoms with van der Waals surface area (Å²) in [5.41, 5.74) is -1.12. The van der Waals surface area contributed by atoms with E-state index in [1.807, 2.05) is 0 Å². The van der Waals surface area contributed by atoms with Gasteiger partial charge in [-0.3, -0.25) is 4.79 Å². The number of carbonyl (C=O) groups is 1. The number of hydrogen-bond acceptors (Lipinski definition) is 4. The van der Waals surface area contributed by atoms with Crippen LogP contribution in [-0.4, -0.2) is 20.1 Å². The van der Waals surface area contributed by atoms with Gasteiger partial charge in [-0.1, -0.05) is 0 Å². The summed E-state index contributed by atoms with van der Waals surface area (Å²) in [7, 11) is 1.41. The van der Waals surface area contributed by atoms with Crippen molar-refractivity contribution in [1.82, 2.24) is 0 Å². The van der Waals surface area contributed by atoms with E-state index in [0.29, 0.717) is 6.29 Å². The molecule has 1 rings (SSSR count). The monoisotopic (exact) mass is 124 g/mol. The lowest BCUT2D eigenvalue weighted by Gasteiger charge is -2.11. The van der Waals surface area contributed by atoms with Gasteiger partial charge in [0.15, 0.2) is 6.29 Å². The van der Waals surface area contributed by atoms with Crippen molar-refractivity contribution >= 4 is 14.3 Å². The maximum atomic E-state index is 10.2. The smallest absolute Gasteiger partial charge is 0.261 e. The van der Waals surface area contributed by atoms with E-state index in [0.717, 1.165) is 0 Å². The number of carbonyl (C=O) groups excluding carboxylic acids is 1. The third-order valence-corrected chi connectivity index (χ3v) is 1.09. The molecule has 5 heteroatoms. The number of aldehydes is 1. The Morgan fingerprint density at radius 1 is 1.78 bits per heavy atom. The first-order valence-electron chi connectivity index (χ1n) is 2.44. The molecule has 0 aromatic rings. The van der Waals surface area contributed by atoms with Crippen molar-refractivity contribution in [3.05, 3.63) is 12.3 Å². The molecule has 0 aromatic heterocycles. The van der Waals surface area contributed by atoms with Gasteiger partial charge in [0.2, 0.25) is 5.72 Å². The summed E-state index contributed by atoms with van der Waals surface area (Å²) in [4.78, 5) is 10.2. The second-order valence-electron chi connectivity index (χ2n) is 1.61. The molecule has 1 aliphatic heterocycles. The summed E-state index contributed by atoms with van der Waals surface area (Å²) in [6, 6.07) is 0. The first-order valence-corrected chi connectivity index (χ1v) is 2.44. The molecule has 0 spiro atoms. The van der Waals surface area contributed by atoms with Gasteiger partial charge in [0.1, 0.15) is 0 Å². The van der Waals surface area contributed by atoms with Gasteiger partial charge in [0, 0.05) is 0 Å². The molecule has 1 aliphatic rings. The number of nitrogens with zero attached hydrogens (tertiary/aromatic N) is 2. The van der Waals surface area contributed by atoms with Crippen LogP contribution >= 0.6 is 0 Å². The SMILES string of the molecule is BOC1(C=O)C=CN=N1. The van der Waals surface area contributed by atoms with E-state index in [9.17, 15) is 4.79 Å². The van der Waals surface area contributed by atoms with Gasteiger partial charge in [0.05, 0.1) is 6.20 Å². The fraction of sp³-hybridized carbons (Fsp3) is 0.250. The van der Waals surface area contributed by atoms with Crippen LogP contribution in [0.3, 0.4) is 0 Å². The number of rotatable bonds is 2. The van der Waals surface area contributed by atoms with Crippen molar-refractivity contribution in [2.75, 3.05) is 0 Å². The predicted octanol–water partition coefficient (Wildman–Crippen LogP) is -0.574. The second kappa shape index (κ2) is 2.10. The Balaban J connectivity index is 2.81. The highest BCUT2D eigenvalue weighted by Crippen LogP contribution is 2.16. The van der Waals surface area contributed by atoms with Gasteiger partial charge in [-0.15, -0.1) is 5.11 Å². The topological polar surface area (TPSA) is 51.0 Å². The predicted molar refractivity (Wildman–Crippen MR) is 32.4 cm³/mol. The van der Waals surface area contributed by atoms with Crippen LogP contribution in [-0.2, 0) is 9.45 Å². The summed E-state index contributed by atoms with van der Waals surface area (Å²) in [5, 5.41) is 6.99. The largest absolute Gasteiger partial charge is 0.412 e. The van der Waals surface area contributed by atoms with Crippen LogP contribution in [0.5, 0.6) is 0 Å². The van der Waals surface area contributed by atoms with Gasteiger partial charge in [0.25, 0.3) is 8.05 Å². The van der Waals surface area contributed by atoms with Crippen molar-refractivity contribution in [3.8, 4) is 0 Å². The third kappa shape index (κ3) is 0.905. The molecule has 0 bridgehead atoms. The van der Waals surface area contributed by atoms with Crippen LogP contribution in [0, 0.1) is 0 Å². The first-order chi connectivity index (χ1) is 4.33. The molecule has 0 amide bonds. The minimum atomic E-state index is -1.12. The van der Waals surface area contributed by atoms with Crippen molar-refractivity contribution in [2.45, 2.75) is 5.72 Å². The normalized spacial score (nSPS) is 31.1. The van der Waals surface area contributed by atoms with Gasteiger partial charge in [-0.2, -0.15) is 5.11 Å². The highest BCUT2D eigenvalue weighted by Gasteiger charge is 2.26. The molecule has 46 valence electrons. The Bertz CT molecular complexity index is 165. The average Bonchev–Trinajstić information content (AvgIpc) is 2.36. The standard InChI is InChI=1S/C4H5BN2O2/c5-9-4(3-8)1-2-6-7-4/h1-3H,5H2. The van der Waals surface area contributed by atoms with Crippen molar-refractivity contribution in [1.29, 1.82) is 0 Å². The molecule has 9 heavy (non-hydrogen) atoms. The lowest BCUT2D eigenvalue weighted by atomic mass is 10.2. The highest BCUT2D eigenvalue weighted by molar-refractivity contribution is 5.99. The third-order valence-electron chi connectivity index (χ3n) is 1.09. The molecule has 0 fully saturated rings. The van der Waals surface area contributed by atoms with Crippen molar-refractivity contribution in [2.24, 2.45) is 10.2 Å². The van der Waals surface area contributed by atoms with Crippen LogP contribution in [0.15, 0.2) is 22.5 Å². The molecule has 1 heterocycles. The Morgan fingerprint density at radius 2 is 2.56 bits per heavy atom. The maximum Gasteiger partial charge on any atom is 0.261 e. The fourth-order valence-electron chi connectivity index (χ4n) is 0.517. The van der Waals surface area contributed by atoms with Crippen LogP contribution < -0.4 is 0 Å². The molecular formula is C4H5BN2O2. The molecule has 0 aromatic carbocycles. The van der Waals surface area contributed by atoms with Crippen LogP contribution in [0.1, 0.15) is 0 Å². The van der Waals surface area contributed by atoms with Gasteiger partial charge in [-0.05, 0) is 6.08 Å². The van der Waals surface area contributed by atoms with E-state index in [4.69, 9.17) is 4.65 Å². The average molecular weight is 124 g/mol. The Morgan fingerprint density at radius 3 is 2.78 bits per heavy atom. The summed E-state index contributed by atoms with van der Waals surface area (Å²) in [6.07, 6.45) is 3.51. The van der Waals surface area contributed by atoms with E-state index in [1.165, 1.54) is 20.3 Å². The first kappa shape index (κ1) is 6.16. The van der Waals surface area contributed by atoms with Crippen molar-refractivity contribution in [3.63, 3.8) is 0 Å². The number of azo groups is 1. The second-order valence-corrected chi connectivity index (χ2v) is 1.61. The molecular weight excluding hydrogens is 119 g/mol. The highest BCUT2D eigenvalue weighted by atomic mass is 16.5. The summed E-state index contributed by atoms with van der Waals surface area (Å²) >= 11 is 0. The number of hydrogen-bond donors (Lipinski definition) is 0. The lowest BCUT2D eigenvalue weighted by molar-refractivity contribution is -0.117. The molecule has 0 saturated heterocycles. The molecule has 0 N–H and O–H groups in total. The molecule has 0 aliphatic carbocycles. The summed E-state index contributed by atoms with van der Waals surface area (Å²) in [5.74, 6) is 0. The minimum absolute atomic E-state index is 0.597. The molecule has 1 atom stereocenters. The van der Waals surface area contributed by atoms with Crippen LogP contribution in [0.2, 0.25) is 0 Å². The lowest BCUT2D eigenvalue weighted by Crippen LogP contribution is -2.26.